The van der Waals surface area contributed by atoms with Crippen LogP contribution in [0.2, 0.25) is 0 Å². The van der Waals surface area contributed by atoms with E-state index in [1.54, 1.807) is 16.2 Å². The second kappa shape index (κ2) is 5.79. The van der Waals surface area contributed by atoms with E-state index in [1.165, 1.54) is 16.9 Å². The molecule has 116 valence electrons. The largest absolute Gasteiger partial charge is 0.341 e. The molecular weight excluding hydrogens is 326 g/mol. The topological polar surface area (TPSA) is 37.6 Å². The molecule has 0 aliphatic carbocycles. The second-order valence-electron chi connectivity index (χ2n) is 5.43. The second-order valence-corrected chi connectivity index (χ2v) is 7.33. The number of rotatable bonds is 4. The fraction of sp³-hybridized carbons (Fsp3) is 0.176. The minimum absolute atomic E-state index is 0.0629. The molecule has 0 unspecified atom stereocenters. The average molecular weight is 341 g/mol. The van der Waals surface area contributed by atoms with E-state index in [4.69, 9.17) is 0 Å². The molecule has 0 saturated heterocycles. The van der Waals surface area contributed by atoms with Gasteiger partial charge in [-0.15, -0.1) is 22.7 Å². The Labute approximate surface area is 141 Å². The maximum Gasteiger partial charge on any atom is 0.263 e. The van der Waals surface area contributed by atoms with Crippen molar-refractivity contribution in [1.29, 1.82) is 0 Å². The van der Waals surface area contributed by atoms with Gasteiger partial charge in [0.2, 0.25) is 0 Å². The SMILES string of the molecule is CN(CCc1ccccc1)C(=O)c1cc2c(nc3sccn32)s1. The summed E-state index contributed by atoms with van der Waals surface area (Å²) in [7, 11) is 1.86. The van der Waals surface area contributed by atoms with Crippen LogP contribution < -0.4 is 0 Å². The van der Waals surface area contributed by atoms with Crippen molar-refractivity contribution in [3.05, 3.63) is 58.4 Å². The minimum Gasteiger partial charge on any atom is -0.341 e. The Hall–Kier alpha value is -2.18. The van der Waals surface area contributed by atoms with E-state index in [2.05, 4.69) is 17.1 Å². The van der Waals surface area contributed by atoms with Crippen molar-refractivity contribution in [2.24, 2.45) is 0 Å². The summed E-state index contributed by atoms with van der Waals surface area (Å²) >= 11 is 3.08. The molecule has 3 aromatic heterocycles. The van der Waals surface area contributed by atoms with Gasteiger partial charge in [0.1, 0.15) is 4.83 Å². The highest BCUT2D eigenvalue weighted by Crippen LogP contribution is 2.28. The Morgan fingerprint density at radius 3 is 2.96 bits per heavy atom. The summed E-state index contributed by atoms with van der Waals surface area (Å²) in [5, 5.41) is 2.01. The van der Waals surface area contributed by atoms with Gasteiger partial charge in [-0.05, 0) is 18.1 Å². The summed E-state index contributed by atoms with van der Waals surface area (Å²) in [6.45, 7) is 0.708. The zero-order chi connectivity index (χ0) is 15.8. The molecule has 4 aromatic rings. The van der Waals surface area contributed by atoms with E-state index in [0.29, 0.717) is 6.54 Å². The van der Waals surface area contributed by atoms with Crippen LogP contribution in [0, 0.1) is 0 Å². The lowest BCUT2D eigenvalue weighted by Crippen LogP contribution is -2.28. The quantitative estimate of drug-likeness (QED) is 0.564. The smallest absolute Gasteiger partial charge is 0.263 e. The van der Waals surface area contributed by atoms with Crippen molar-refractivity contribution in [2.45, 2.75) is 6.42 Å². The zero-order valence-electron chi connectivity index (χ0n) is 12.6. The predicted octanol–water partition coefficient (Wildman–Crippen LogP) is 3.93. The first-order valence-electron chi connectivity index (χ1n) is 7.37. The number of thiophene rings is 1. The number of likely N-dealkylation sites (N-methyl/N-ethyl adjacent to an activating group) is 1. The van der Waals surface area contributed by atoms with Gasteiger partial charge in [0, 0.05) is 25.2 Å². The molecule has 0 saturated carbocycles. The lowest BCUT2D eigenvalue weighted by Gasteiger charge is -2.16. The molecule has 0 atom stereocenters. The number of carbonyl (C=O) groups is 1. The van der Waals surface area contributed by atoms with Crippen LogP contribution in [-0.2, 0) is 6.42 Å². The molecule has 3 heterocycles. The number of hydrogen-bond acceptors (Lipinski definition) is 4. The number of fused-ring (bicyclic) bond motifs is 3. The van der Waals surface area contributed by atoms with Crippen LogP contribution in [-0.4, -0.2) is 33.8 Å². The third-order valence-electron chi connectivity index (χ3n) is 3.88. The van der Waals surface area contributed by atoms with Gasteiger partial charge < -0.3 is 4.90 Å². The Morgan fingerprint density at radius 2 is 2.13 bits per heavy atom. The van der Waals surface area contributed by atoms with Crippen molar-refractivity contribution < 1.29 is 4.79 Å². The number of hydrogen-bond donors (Lipinski definition) is 0. The summed E-state index contributed by atoms with van der Waals surface area (Å²) in [6.07, 6.45) is 2.86. The van der Waals surface area contributed by atoms with Gasteiger partial charge in [-0.25, -0.2) is 4.98 Å². The summed E-state index contributed by atoms with van der Waals surface area (Å²) < 4.78 is 2.04. The van der Waals surface area contributed by atoms with Crippen LogP contribution in [0.5, 0.6) is 0 Å². The number of benzene rings is 1. The monoisotopic (exact) mass is 341 g/mol. The fourth-order valence-electron chi connectivity index (χ4n) is 2.58. The maximum atomic E-state index is 12.6. The van der Waals surface area contributed by atoms with Gasteiger partial charge in [0.25, 0.3) is 5.91 Å². The zero-order valence-corrected chi connectivity index (χ0v) is 14.2. The molecule has 0 aliphatic rings. The number of amides is 1. The van der Waals surface area contributed by atoms with Crippen LogP contribution in [0.3, 0.4) is 0 Å². The molecule has 0 aliphatic heterocycles. The van der Waals surface area contributed by atoms with Gasteiger partial charge >= 0.3 is 0 Å². The molecule has 23 heavy (non-hydrogen) atoms. The third-order valence-corrected chi connectivity index (χ3v) is 5.64. The Balaban J connectivity index is 1.52. The van der Waals surface area contributed by atoms with Gasteiger partial charge in [0.15, 0.2) is 4.96 Å². The Morgan fingerprint density at radius 1 is 1.30 bits per heavy atom. The van der Waals surface area contributed by atoms with E-state index in [-0.39, 0.29) is 5.91 Å². The molecule has 1 amide bonds. The average Bonchev–Trinajstić information content (AvgIpc) is 3.24. The highest BCUT2D eigenvalue weighted by atomic mass is 32.1. The first kappa shape index (κ1) is 14.4. The molecule has 6 heteroatoms. The molecule has 4 nitrogen and oxygen atoms in total. The first-order chi connectivity index (χ1) is 11.2. The van der Waals surface area contributed by atoms with Gasteiger partial charge in [0.05, 0.1) is 10.4 Å². The summed E-state index contributed by atoms with van der Waals surface area (Å²) in [5.41, 5.74) is 2.26. The molecule has 0 fully saturated rings. The fourth-order valence-corrected chi connectivity index (χ4v) is 4.38. The van der Waals surface area contributed by atoms with Crippen molar-refractivity contribution in [3.63, 3.8) is 0 Å². The van der Waals surface area contributed by atoms with Gasteiger partial charge in [-0.1, -0.05) is 30.3 Å². The van der Waals surface area contributed by atoms with E-state index < -0.39 is 0 Å². The summed E-state index contributed by atoms with van der Waals surface area (Å²) in [6, 6.07) is 12.2. The molecule has 0 spiro atoms. The molecular formula is C17H15N3OS2. The van der Waals surface area contributed by atoms with Crippen molar-refractivity contribution >= 4 is 43.9 Å². The van der Waals surface area contributed by atoms with Crippen molar-refractivity contribution in [2.75, 3.05) is 13.6 Å². The number of thiazole rings is 1. The lowest BCUT2D eigenvalue weighted by molar-refractivity contribution is 0.0801. The van der Waals surface area contributed by atoms with Crippen LogP contribution in [0.25, 0.3) is 15.3 Å². The number of aromatic nitrogens is 2. The van der Waals surface area contributed by atoms with Crippen LogP contribution in [0.15, 0.2) is 48.0 Å². The van der Waals surface area contributed by atoms with Crippen LogP contribution in [0.1, 0.15) is 15.2 Å². The molecule has 0 N–H and O–H groups in total. The highest BCUT2D eigenvalue weighted by Gasteiger charge is 2.17. The normalized spacial score (nSPS) is 11.3. The van der Waals surface area contributed by atoms with Crippen LogP contribution >= 0.6 is 22.7 Å². The molecule has 1 aromatic carbocycles. The van der Waals surface area contributed by atoms with Crippen molar-refractivity contribution in [1.82, 2.24) is 14.3 Å². The summed E-state index contributed by atoms with van der Waals surface area (Å²) in [4.78, 5) is 21.6. The van der Waals surface area contributed by atoms with E-state index in [1.807, 2.05) is 47.3 Å². The minimum atomic E-state index is 0.0629. The number of carbonyl (C=O) groups excluding carboxylic acids is 1. The lowest BCUT2D eigenvalue weighted by atomic mass is 10.1. The van der Waals surface area contributed by atoms with Gasteiger partial charge in [-0.3, -0.25) is 9.20 Å². The van der Waals surface area contributed by atoms with Crippen LogP contribution in [0.4, 0.5) is 0 Å². The van der Waals surface area contributed by atoms with E-state index in [9.17, 15) is 4.79 Å². The Bertz CT molecular complexity index is 968. The number of nitrogens with zero attached hydrogens (tertiary/aromatic N) is 3. The Kier molecular flexibility index (Phi) is 3.63. The molecule has 0 bridgehead atoms. The standard InChI is InChI=1S/C17H15N3OS2/c1-19(8-7-12-5-3-2-4-6-12)16(21)14-11-13-15(23-14)18-17-20(13)9-10-22-17/h2-6,9-11H,7-8H2,1H3. The van der Waals surface area contributed by atoms with E-state index in [0.717, 1.165) is 26.6 Å². The van der Waals surface area contributed by atoms with Crippen molar-refractivity contribution in [3.8, 4) is 0 Å². The molecule has 0 radical (unpaired) electrons. The van der Waals surface area contributed by atoms with E-state index >= 15 is 0 Å². The highest BCUT2D eigenvalue weighted by molar-refractivity contribution is 7.21. The third kappa shape index (κ3) is 2.64. The molecule has 4 rings (SSSR count). The first-order valence-corrected chi connectivity index (χ1v) is 9.06. The predicted molar refractivity (Wildman–Crippen MR) is 95.6 cm³/mol. The maximum absolute atomic E-state index is 12.6. The van der Waals surface area contributed by atoms with Gasteiger partial charge in [-0.2, -0.15) is 0 Å². The summed E-state index contributed by atoms with van der Waals surface area (Å²) in [5.74, 6) is 0.0629. The number of imidazole rings is 1.